The van der Waals surface area contributed by atoms with E-state index in [1.807, 2.05) is 11.3 Å². The van der Waals surface area contributed by atoms with Gasteiger partial charge in [-0.1, -0.05) is 0 Å². The number of nitrogens with two attached hydrogens (primary N) is 1. The van der Waals surface area contributed by atoms with Crippen LogP contribution in [0.25, 0.3) is 0 Å². The number of amides is 1. The van der Waals surface area contributed by atoms with Gasteiger partial charge in [0.25, 0.3) is 5.91 Å². The summed E-state index contributed by atoms with van der Waals surface area (Å²) in [6, 6.07) is 2.20. The van der Waals surface area contributed by atoms with Crippen LogP contribution in [0.4, 0.5) is 0 Å². The van der Waals surface area contributed by atoms with Gasteiger partial charge in [-0.2, -0.15) is 0 Å². The van der Waals surface area contributed by atoms with Gasteiger partial charge in [0.2, 0.25) is 0 Å². The number of carbonyl (C=O) groups excluding carboxylic acids is 1. The van der Waals surface area contributed by atoms with Crippen LogP contribution in [-0.4, -0.2) is 35.4 Å². The van der Waals surface area contributed by atoms with Crippen molar-refractivity contribution in [3.05, 3.63) is 38.0 Å². The van der Waals surface area contributed by atoms with Crippen molar-refractivity contribution >= 4 is 28.6 Å². The lowest BCUT2D eigenvalue weighted by Crippen LogP contribution is -2.37. The van der Waals surface area contributed by atoms with Gasteiger partial charge in [-0.25, -0.2) is 4.98 Å². The van der Waals surface area contributed by atoms with Gasteiger partial charge in [-0.15, -0.1) is 22.7 Å². The van der Waals surface area contributed by atoms with E-state index in [1.165, 1.54) is 21.8 Å². The van der Waals surface area contributed by atoms with Gasteiger partial charge in [0, 0.05) is 43.0 Å². The lowest BCUT2D eigenvalue weighted by atomic mass is 10.1. The molecule has 3 heterocycles. The maximum absolute atomic E-state index is 11.9. The second kappa shape index (κ2) is 6.65. The summed E-state index contributed by atoms with van der Waals surface area (Å²) in [5, 5.41) is 7.64. The molecule has 0 radical (unpaired) electrons. The Bertz CT molecular complexity index is 622. The van der Waals surface area contributed by atoms with Gasteiger partial charge in [0.1, 0.15) is 10.7 Å². The Morgan fingerprint density at radius 3 is 3.19 bits per heavy atom. The molecule has 21 heavy (non-hydrogen) atoms. The highest BCUT2D eigenvalue weighted by Crippen LogP contribution is 2.23. The van der Waals surface area contributed by atoms with E-state index >= 15 is 0 Å². The van der Waals surface area contributed by atoms with Crippen molar-refractivity contribution in [2.45, 2.75) is 19.5 Å². The van der Waals surface area contributed by atoms with E-state index < -0.39 is 0 Å². The molecule has 0 bridgehead atoms. The van der Waals surface area contributed by atoms with Gasteiger partial charge in [0.05, 0.1) is 0 Å². The van der Waals surface area contributed by atoms with E-state index in [-0.39, 0.29) is 5.91 Å². The van der Waals surface area contributed by atoms with Crippen molar-refractivity contribution in [2.75, 3.05) is 19.6 Å². The topological polar surface area (TPSA) is 71.2 Å². The minimum Gasteiger partial charge on any atom is -0.349 e. The van der Waals surface area contributed by atoms with Crippen molar-refractivity contribution in [2.24, 2.45) is 5.73 Å². The fourth-order valence-corrected chi connectivity index (χ4v) is 3.97. The molecule has 0 unspecified atom stereocenters. The van der Waals surface area contributed by atoms with Crippen molar-refractivity contribution in [3.8, 4) is 0 Å². The normalized spacial score (nSPS) is 14.9. The number of thiazole rings is 1. The average molecular weight is 322 g/mol. The van der Waals surface area contributed by atoms with Crippen molar-refractivity contribution in [1.29, 1.82) is 0 Å². The molecule has 0 aromatic carbocycles. The van der Waals surface area contributed by atoms with Crippen LogP contribution in [0.2, 0.25) is 0 Å². The number of carbonyl (C=O) groups is 1. The number of fused-ring (bicyclic) bond motifs is 1. The predicted octanol–water partition coefficient (Wildman–Crippen LogP) is 1.45. The van der Waals surface area contributed by atoms with Crippen LogP contribution in [0.15, 0.2) is 16.8 Å². The zero-order valence-corrected chi connectivity index (χ0v) is 13.3. The molecule has 3 N–H and O–H groups in total. The fraction of sp³-hybridized carbons (Fsp3) is 0.429. The highest BCUT2D eigenvalue weighted by molar-refractivity contribution is 7.10. The highest BCUT2D eigenvalue weighted by atomic mass is 32.1. The van der Waals surface area contributed by atoms with E-state index in [0.29, 0.717) is 18.8 Å². The van der Waals surface area contributed by atoms with Gasteiger partial charge in [-0.05, 0) is 23.4 Å². The Morgan fingerprint density at radius 2 is 2.38 bits per heavy atom. The third-order valence-electron chi connectivity index (χ3n) is 3.56. The minimum absolute atomic E-state index is 0.112. The molecule has 0 aliphatic carbocycles. The largest absolute Gasteiger partial charge is 0.349 e. The van der Waals surface area contributed by atoms with Crippen LogP contribution in [0.5, 0.6) is 0 Å². The fourth-order valence-electron chi connectivity index (χ4n) is 2.42. The van der Waals surface area contributed by atoms with E-state index in [1.54, 1.807) is 5.38 Å². The van der Waals surface area contributed by atoms with Crippen LogP contribution in [0, 0.1) is 0 Å². The molecule has 1 aliphatic rings. The number of hydrogen-bond acceptors (Lipinski definition) is 6. The summed E-state index contributed by atoms with van der Waals surface area (Å²) in [6.45, 7) is 3.96. The first-order chi connectivity index (χ1) is 10.3. The predicted molar refractivity (Wildman–Crippen MR) is 85.6 cm³/mol. The van der Waals surface area contributed by atoms with Crippen LogP contribution in [-0.2, 0) is 19.5 Å². The number of rotatable bonds is 5. The van der Waals surface area contributed by atoms with Gasteiger partial charge >= 0.3 is 0 Å². The summed E-state index contributed by atoms with van der Waals surface area (Å²) in [4.78, 5) is 20.0. The van der Waals surface area contributed by atoms with E-state index in [0.717, 1.165) is 31.1 Å². The third-order valence-corrected chi connectivity index (χ3v) is 5.45. The maximum atomic E-state index is 11.9. The zero-order chi connectivity index (χ0) is 14.7. The van der Waals surface area contributed by atoms with Crippen molar-refractivity contribution < 1.29 is 4.79 Å². The summed E-state index contributed by atoms with van der Waals surface area (Å²) < 4.78 is 0. The molecule has 3 rings (SSSR count). The molecule has 112 valence electrons. The minimum atomic E-state index is -0.112. The highest BCUT2D eigenvalue weighted by Gasteiger charge is 2.17. The van der Waals surface area contributed by atoms with E-state index in [4.69, 9.17) is 5.73 Å². The van der Waals surface area contributed by atoms with Crippen LogP contribution in [0.3, 0.4) is 0 Å². The van der Waals surface area contributed by atoms with Gasteiger partial charge in [-0.3, -0.25) is 9.69 Å². The molecule has 1 amide bonds. The second-order valence-electron chi connectivity index (χ2n) is 4.98. The monoisotopic (exact) mass is 322 g/mol. The number of nitrogens with zero attached hydrogens (tertiary/aromatic N) is 2. The Labute approximate surface area is 131 Å². The lowest BCUT2D eigenvalue weighted by molar-refractivity contribution is 0.0943. The quantitative estimate of drug-likeness (QED) is 0.874. The molecule has 2 aromatic heterocycles. The van der Waals surface area contributed by atoms with Gasteiger partial charge in [0.15, 0.2) is 0 Å². The number of hydrogen-bond donors (Lipinski definition) is 2. The summed E-state index contributed by atoms with van der Waals surface area (Å²) in [6.07, 6.45) is 1.12. The first-order valence-corrected chi connectivity index (χ1v) is 8.72. The second-order valence-corrected chi connectivity index (χ2v) is 6.92. The van der Waals surface area contributed by atoms with E-state index in [9.17, 15) is 4.79 Å². The summed E-state index contributed by atoms with van der Waals surface area (Å²) >= 11 is 3.27. The zero-order valence-electron chi connectivity index (χ0n) is 11.7. The summed E-state index contributed by atoms with van der Waals surface area (Å²) in [7, 11) is 0. The number of nitrogens with one attached hydrogen (secondary N) is 1. The molecular formula is C14H18N4OS2. The standard InChI is InChI=1S/C14H18N4OS2/c15-7-13-17-11(9-21-13)14(19)16-3-5-18-4-1-12-10(8-18)2-6-20-12/h2,6,9H,1,3-5,7-8,15H2,(H,16,19). The molecule has 0 fully saturated rings. The Morgan fingerprint density at radius 1 is 1.48 bits per heavy atom. The Hall–Kier alpha value is -1.28. The van der Waals surface area contributed by atoms with Crippen LogP contribution >= 0.6 is 22.7 Å². The SMILES string of the molecule is NCc1nc(C(=O)NCCN2CCc3sccc3C2)cs1. The molecule has 0 saturated heterocycles. The maximum Gasteiger partial charge on any atom is 0.270 e. The molecule has 7 heteroatoms. The van der Waals surface area contributed by atoms with Crippen molar-refractivity contribution in [3.63, 3.8) is 0 Å². The molecule has 0 spiro atoms. The van der Waals surface area contributed by atoms with Crippen LogP contribution in [0.1, 0.15) is 25.9 Å². The first kappa shape index (κ1) is 14.6. The van der Waals surface area contributed by atoms with Crippen molar-refractivity contribution in [1.82, 2.24) is 15.2 Å². The van der Waals surface area contributed by atoms with Gasteiger partial charge < -0.3 is 11.1 Å². The Kier molecular flexibility index (Phi) is 4.64. The lowest BCUT2D eigenvalue weighted by Gasteiger charge is -2.26. The Balaban J connectivity index is 1.45. The molecule has 1 aliphatic heterocycles. The molecule has 5 nitrogen and oxygen atoms in total. The molecule has 2 aromatic rings. The number of aromatic nitrogens is 1. The smallest absolute Gasteiger partial charge is 0.270 e. The average Bonchev–Trinajstić information content (AvgIpc) is 3.15. The van der Waals surface area contributed by atoms with E-state index in [2.05, 4.69) is 26.6 Å². The van der Waals surface area contributed by atoms with Crippen LogP contribution < -0.4 is 11.1 Å². The molecule has 0 atom stereocenters. The number of thiophene rings is 1. The third kappa shape index (κ3) is 3.49. The first-order valence-electron chi connectivity index (χ1n) is 6.96. The molecular weight excluding hydrogens is 304 g/mol. The molecule has 0 saturated carbocycles. The summed E-state index contributed by atoms with van der Waals surface area (Å²) in [5.41, 5.74) is 7.41. The summed E-state index contributed by atoms with van der Waals surface area (Å²) in [5.74, 6) is -0.112.